The summed E-state index contributed by atoms with van der Waals surface area (Å²) in [5.74, 6) is 5.68. The van der Waals surface area contributed by atoms with Crippen LogP contribution in [0.15, 0.2) is 9.98 Å². The highest BCUT2D eigenvalue weighted by molar-refractivity contribution is 7.78. The molecule has 0 aliphatic heterocycles. The van der Waals surface area contributed by atoms with Crippen LogP contribution in [0.2, 0.25) is 0 Å². The smallest absolute Gasteiger partial charge is 0.118 e. The van der Waals surface area contributed by atoms with E-state index in [1.165, 1.54) is 0 Å². The van der Waals surface area contributed by atoms with E-state index < -0.39 is 0 Å². The summed E-state index contributed by atoms with van der Waals surface area (Å²) >= 11 is 8.84. The molecule has 2 unspecified atom stereocenters. The number of thiocarbonyl (C=S) groups is 2. The summed E-state index contributed by atoms with van der Waals surface area (Å²) in [5.41, 5.74) is 0. The average molecular weight is 196 g/mol. The largest absolute Gasteiger partial charge is 0.216 e. The van der Waals surface area contributed by atoms with Crippen molar-refractivity contribution in [1.29, 1.82) is 0 Å². The summed E-state index contributed by atoms with van der Waals surface area (Å²) in [6, 6.07) is -0.240. The van der Waals surface area contributed by atoms with Gasteiger partial charge in [-0.25, -0.2) is 9.98 Å². The van der Waals surface area contributed by atoms with Gasteiger partial charge >= 0.3 is 0 Å². The lowest BCUT2D eigenvalue weighted by Crippen LogP contribution is -1.96. The number of hydrogen-bond donors (Lipinski definition) is 0. The molecule has 0 amide bonds. The first-order chi connectivity index (χ1) is 5.70. The molecule has 0 bridgehead atoms. The quantitative estimate of drug-likeness (QED) is 0.383. The van der Waals surface area contributed by atoms with Crippen molar-refractivity contribution in [2.75, 3.05) is 0 Å². The molecule has 0 N–H and O–H groups in total. The molecule has 4 heteroatoms. The molecular weight excluding hydrogens is 188 g/mol. The van der Waals surface area contributed by atoms with Gasteiger partial charge in [-0.3, -0.25) is 0 Å². The van der Waals surface area contributed by atoms with Crippen LogP contribution >= 0.6 is 24.4 Å². The molecule has 62 valence electrons. The average Bonchev–Trinajstić information content (AvgIpc) is 2.02. The molecule has 12 heavy (non-hydrogen) atoms. The van der Waals surface area contributed by atoms with E-state index in [-0.39, 0.29) is 12.1 Å². The maximum Gasteiger partial charge on any atom is 0.118 e. The van der Waals surface area contributed by atoms with Crippen LogP contribution in [0.5, 0.6) is 0 Å². The summed E-state index contributed by atoms with van der Waals surface area (Å²) in [6.45, 7) is 3.67. The standard InChI is InChI=1S/C8H8N2S2/c1-7(9-5-11)3-4-8(2)10-6-12/h7-8H,1-2H3. The second kappa shape index (κ2) is 6.84. The SMILES string of the molecule is CC(C#CC(C)N=C=S)N=C=S. The molecule has 0 aromatic heterocycles. The lowest BCUT2D eigenvalue weighted by molar-refractivity contribution is 0.939. The number of aliphatic imine (C=N–C) groups is 2. The summed E-state index contributed by atoms with van der Waals surface area (Å²) < 4.78 is 0. The van der Waals surface area contributed by atoms with E-state index >= 15 is 0 Å². The molecule has 0 aliphatic carbocycles. The molecule has 2 atom stereocenters. The minimum absolute atomic E-state index is 0.120. The second-order valence-electron chi connectivity index (χ2n) is 2.08. The first kappa shape index (κ1) is 11.2. The Balaban J connectivity index is 4.19. The summed E-state index contributed by atoms with van der Waals surface area (Å²) in [6.07, 6.45) is 0. The van der Waals surface area contributed by atoms with Crippen molar-refractivity contribution in [2.24, 2.45) is 9.98 Å². The van der Waals surface area contributed by atoms with Crippen molar-refractivity contribution in [2.45, 2.75) is 25.9 Å². The van der Waals surface area contributed by atoms with Gasteiger partial charge in [0.2, 0.25) is 0 Å². The van der Waals surface area contributed by atoms with E-state index in [0.29, 0.717) is 0 Å². The van der Waals surface area contributed by atoms with Gasteiger partial charge in [0.05, 0.1) is 10.3 Å². The highest BCUT2D eigenvalue weighted by Gasteiger charge is 1.91. The molecular formula is C8H8N2S2. The number of rotatable bonds is 2. The molecule has 0 heterocycles. The van der Waals surface area contributed by atoms with Crippen molar-refractivity contribution in [3.63, 3.8) is 0 Å². The molecule has 0 saturated heterocycles. The number of nitrogens with zero attached hydrogens (tertiary/aromatic N) is 2. The fourth-order valence-corrected chi connectivity index (χ4v) is 0.780. The first-order valence-corrected chi connectivity index (χ1v) is 4.17. The molecule has 0 spiro atoms. The third-order valence-electron chi connectivity index (χ3n) is 0.994. The highest BCUT2D eigenvalue weighted by Crippen LogP contribution is 1.87. The lowest BCUT2D eigenvalue weighted by atomic mass is 10.3. The van der Waals surface area contributed by atoms with E-state index in [1.54, 1.807) is 0 Å². The minimum Gasteiger partial charge on any atom is -0.216 e. The minimum atomic E-state index is -0.120. The Morgan fingerprint density at radius 1 is 0.917 bits per heavy atom. The molecule has 0 radical (unpaired) electrons. The summed E-state index contributed by atoms with van der Waals surface area (Å²) in [4.78, 5) is 7.52. The van der Waals surface area contributed by atoms with Crippen LogP contribution in [0.1, 0.15) is 13.8 Å². The van der Waals surface area contributed by atoms with Crippen LogP contribution in [0.3, 0.4) is 0 Å². The molecule has 0 fully saturated rings. The topological polar surface area (TPSA) is 24.7 Å². The highest BCUT2D eigenvalue weighted by atomic mass is 32.1. The first-order valence-electron chi connectivity index (χ1n) is 3.35. The Bertz CT molecular complexity index is 260. The molecule has 2 nitrogen and oxygen atoms in total. The van der Waals surface area contributed by atoms with Gasteiger partial charge in [0, 0.05) is 0 Å². The van der Waals surface area contributed by atoms with Gasteiger partial charge in [-0.1, -0.05) is 11.8 Å². The van der Waals surface area contributed by atoms with Crippen LogP contribution in [-0.4, -0.2) is 22.4 Å². The van der Waals surface area contributed by atoms with Gasteiger partial charge in [-0.05, 0) is 38.3 Å². The van der Waals surface area contributed by atoms with Gasteiger partial charge < -0.3 is 0 Å². The monoisotopic (exact) mass is 196 g/mol. The molecule has 0 saturated carbocycles. The fraction of sp³-hybridized carbons (Fsp3) is 0.500. The van der Waals surface area contributed by atoms with Crippen LogP contribution < -0.4 is 0 Å². The van der Waals surface area contributed by atoms with Gasteiger partial charge in [0.1, 0.15) is 12.1 Å². The fourth-order valence-electron chi connectivity index (χ4n) is 0.464. The molecule has 0 rings (SSSR count). The van der Waals surface area contributed by atoms with Crippen molar-refractivity contribution in [3.8, 4) is 11.8 Å². The number of isothiocyanates is 2. The van der Waals surface area contributed by atoms with E-state index in [2.05, 4.69) is 56.6 Å². The number of hydrogen-bond acceptors (Lipinski definition) is 4. The molecule has 0 aromatic rings. The van der Waals surface area contributed by atoms with E-state index in [9.17, 15) is 0 Å². The maximum absolute atomic E-state index is 4.42. The lowest BCUT2D eigenvalue weighted by Gasteiger charge is -1.91. The summed E-state index contributed by atoms with van der Waals surface area (Å²) in [5, 5.41) is 4.52. The predicted octanol–water partition coefficient (Wildman–Crippen LogP) is 1.97. The maximum atomic E-state index is 4.42. The van der Waals surface area contributed by atoms with Crippen molar-refractivity contribution >= 4 is 34.8 Å². The zero-order chi connectivity index (χ0) is 9.40. The Morgan fingerprint density at radius 2 is 1.25 bits per heavy atom. The summed E-state index contributed by atoms with van der Waals surface area (Å²) in [7, 11) is 0. The van der Waals surface area contributed by atoms with Gasteiger partial charge in [0.15, 0.2) is 0 Å². The van der Waals surface area contributed by atoms with Crippen LogP contribution in [0.25, 0.3) is 0 Å². The van der Waals surface area contributed by atoms with E-state index in [0.717, 1.165) is 0 Å². The molecule has 0 aliphatic rings. The third kappa shape index (κ3) is 5.91. The Morgan fingerprint density at radius 3 is 1.50 bits per heavy atom. The van der Waals surface area contributed by atoms with Gasteiger partial charge in [-0.2, -0.15) is 0 Å². The van der Waals surface area contributed by atoms with Crippen LogP contribution in [0.4, 0.5) is 0 Å². The zero-order valence-corrected chi connectivity index (χ0v) is 8.50. The Kier molecular flexibility index (Phi) is 6.37. The normalized spacial score (nSPS) is 12.5. The van der Waals surface area contributed by atoms with Gasteiger partial charge in [-0.15, -0.1) is 0 Å². The van der Waals surface area contributed by atoms with Crippen molar-refractivity contribution < 1.29 is 0 Å². The Labute approximate surface area is 82.8 Å². The predicted molar refractivity (Wildman–Crippen MR) is 56.8 cm³/mol. The van der Waals surface area contributed by atoms with E-state index in [4.69, 9.17) is 0 Å². The van der Waals surface area contributed by atoms with E-state index in [1.807, 2.05) is 13.8 Å². The molecule has 0 aromatic carbocycles. The van der Waals surface area contributed by atoms with Crippen LogP contribution in [-0.2, 0) is 0 Å². The zero-order valence-electron chi connectivity index (χ0n) is 6.87. The Hall–Kier alpha value is -0.840. The van der Waals surface area contributed by atoms with Crippen molar-refractivity contribution in [1.82, 2.24) is 0 Å². The second-order valence-corrected chi connectivity index (χ2v) is 2.45. The third-order valence-corrected chi connectivity index (χ3v) is 1.20. The van der Waals surface area contributed by atoms with Crippen LogP contribution in [0, 0.1) is 11.8 Å². The van der Waals surface area contributed by atoms with Gasteiger partial charge in [0.25, 0.3) is 0 Å². The van der Waals surface area contributed by atoms with Crippen molar-refractivity contribution in [3.05, 3.63) is 0 Å².